The molecule has 11 nitrogen and oxygen atoms in total. The van der Waals surface area contributed by atoms with Gasteiger partial charge in [0.2, 0.25) is 5.91 Å². The molecule has 0 spiro atoms. The Labute approximate surface area is 166 Å². The van der Waals surface area contributed by atoms with Crippen molar-refractivity contribution in [2.75, 3.05) is 7.11 Å². The summed E-state index contributed by atoms with van der Waals surface area (Å²) in [7, 11) is 1.22. The van der Waals surface area contributed by atoms with Crippen LogP contribution in [0.5, 0.6) is 0 Å². The van der Waals surface area contributed by atoms with E-state index in [1.165, 1.54) is 13.2 Å². The molecule has 4 N–H and O–H groups in total. The molecule has 0 saturated carbocycles. The quantitative estimate of drug-likeness (QED) is 0.309. The van der Waals surface area contributed by atoms with Gasteiger partial charge in [0.05, 0.1) is 7.11 Å². The summed E-state index contributed by atoms with van der Waals surface area (Å²) in [4.78, 5) is 49.0. The topological polar surface area (TPSA) is 160 Å². The number of esters is 1. The second-order valence-corrected chi connectivity index (χ2v) is 7.06. The number of amides is 1. The van der Waals surface area contributed by atoms with Crippen LogP contribution in [0, 0.1) is 5.92 Å². The van der Waals surface area contributed by atoms with Crippen LogP contribution >= 0.6 is 0 Å². The van der Waals surface area contributed by atoms with E-state index >= 15 is 0 Å². The standard InChI is InChI=1S/C18H25N3O8/c1-9(2)8-10(17(26)28-3)19-12(22)5-4-11-14(24)15(25)16(29-11)21-7-6-13(23)20-18(21)27/h4-7,9-11,14-16,24-25H,8H2,1-3H3,(H,19,22)(H,20,23,27)/b5-4+/t10-,11+,14+,15+,16+/m0/s1. The summed E-state index contributed by atoms with van der Waals surface area (Å²) in [5.74, 6) is -1.06. The molecule has 11 heteroatoms. The molecule has 1 aromatic rings. The molecule has 1 amide bonds. The Balaban J connectivity index is 2.07. The first kappa shape index (κ1) is 22.5. The smallest absolute Gasteiger partial charge is 0.330 e. The largest absolute Gasteiger partial charge is 0.467 e. The van der Waals surface area contributed by atoms with Crippen molar-refractivity contribution in [3.8, 4) is 0 Å². The van der Waals surface area contributed by atoms with E-state index in [0.717, 1.165) is 22.9 Å². The van der Waals surface area contributed by atoms with E-state index in [1.54, 1.807) is 0 Å². The molecule has 1 saturated heterocycles. The Morgan fingerprint density at radius 2 is 2.03 bits per heavy atom. The summed E-state index contributed by atoms with van der Waals surface area (Å²) in [6.07, 6.45) is -1.46. The zero-order valence-corrected chi connectivity index (χ0v) is 16.3. The summed E-state index contributed by atoms with van der Waals surface area (Å²) < 4.78 is 11.1. The normalized spacial score (nSPS) is 25.3. The Bertz CT molecular complexity index is 874. The lowest BCUT2D eigenvalue weighted by molar-refractivity contribution is -0.145. The van der Waals surface area contributed by atoms with E-state index in [0.29, 0.717) is 6.42 Å². The van der Waals surface area contributed by atoms with Gasteiger partial charge in [0.1, 0.15) is 24.4 Å². The molecule has 5 atom stereocenters. The van der Waals surface area contributed by atoms with E-state index in [4.69, 9.17) is 4.74 Å². The highest BCUT2D eigenvalue weighted by atomic mass is 16.6. The second kappa shape index (κ2) is 9.63. The van der Waals surface area contributed by atoms with Crippen molar-refractivity contribution in [1.82, 2.24) is 14.9 Å². The molecule has 0 radical (unpaired) electrons. The molecule has 0 unspecified atom stereocenters. The number of nitrogens with zero attached hydrogens (tertiary/aromatic N) is 1. The number of aromatic amines is 1. The van der Waals surface area contributed by atoms with Gasteiger partial charge in [-0.15, -0.1) is 0 Å². The minimum atomic E-state index is -1.47. The van der Waals surface area contributed by atoms with Crippen LogP contribution in [-0.2, 0) is 19.1 Å². The Hall–Kier alpha value is -2.76. The number of carbonyl (C=O) groups excluding carboxylic acids is 2. The molecule has 2 heterocycles. The molecule has 29 heavy (non-hydrogen) atoms. The lowest BCUT2D eigenvalue weighted by Crippen LogP contribution is -2.41. The van der Waals surface area contributed by atoms with Crippen molar-refractivity contribution in [2.24, 2.45) is 5.92 Å². The maximum atomic E-state index is 12.1. The number of aromatic nitrogens is 2. The van der Waals surface area contributed by atoms with E-state index in [1.807, 2.05) is 18.8 Å². The molecule has 160 valence electrons. The Morgan fingerprint density at radius 3 is 2.62 bits per heavy atom. The highest BCUT2D eigenvalue weighted by molar-refractivity contribution is 5.91. The molecular formula is C18H25N3O8. The molecule has 0 aromatic carbocycles. The second-order valence-electron chi connectivity index (χ2n) is 7.06. The maximum absolute atomic E-state index is 12.1. The van der Waals surface area contributed by atoms with Crippen molar-refractivity contribution >= 4 is 11.9 Å². The van der Waals surface area contributed by atoms with Crippen LogP contribution < -0.4 is 16.6 Å². The van der Waals surface area contributed by atoms with Gasteiger partial charge in [-0.3, -0.25) is 19.1 Å². The minimum absolute atomic E-state index is 0.134. The van der Waals surface area contributed by atoms with E-state index in [-0.39, 0.29) is 5.92 Å². The van der Waals surface area contributed by atoms with Crippen LogP contribution in [0.25, 0.3) is 0 Å². The maximum Gasteiger partial charge on any atom is 0.330 e. The first-order valence-electron chi connectivity index (χ1n) is 9.03. The average molecular weight is 411 g/mol. The van der Waals surface area contributed by atoms with E-state index in [9.17, 15) is 29.4 Å². The van der Waals surface area contributed by atoms with Crippen molar-refractivity contribution < 1.29 is 29.3 Å². The van der Waals surface area contributed by atoms with Crippen molar-refractivity contribution in [3.05, 3.63) is 45.3 Å². The van der Waals surface area contributed by atoms with Crippen molar-refractivity contribution in [2.45, 2.75) is 50.8 Å². The van der Waals surface area contributed by atoms with Crippen LogP contribution in [0.2, 0.25) is 0 Å². The van der Waals surface area contributed by atoms with Gasteiger partial charge in [0.25, 0.3) is 5.56 Å². The number of hydrogen-bond acceptors (Lipinski definition) is 8. The van der Waals surface area contributed by atoms with Gasteiger partial charge in [-0.05, 0) is 18.4 Å². The summed E-state index contributed by atoms with van der Waals surface area (Å²) in [5, 5.41) is 22.8. The first-order valence-corrected chi connectivity index (χ1v) is 9.03. The fourth-order valence-corrected chi connectivity index (χ4v) is 2.93. The lowest BCUT2D eigenvalue weighted by atomic mass is 10.0. The highest BCUT2D eigenvalue weighted by Crippen LogP contribution is 2.28. The Morgan fingerprint density at radius 1 is 1.34 bits per heavy atom. The summed E-state index contributed by atoms with van der Waals surface area (Å²) in [6, 6.07) is 0.243. The third-order valence-electron chi connectivity index (χ3n) is 4.35. The number of ether oxygens (including phenoxy) is 2. The first-order chi connectivity index (χ1) is 13.6. The average Bonchev–Trinajstić information content (AvgIpc) is 2.93. The molecule has 0 bridgehead atoms. The van der Waals surface area contributed by atoms with Gasteiger partial charge in [-0.2, -0.15) is 0 Å². The van der Waals surface area contributed by atoms with Crippen molar-refractivity contribution in [1.29, 1.82) is 0 Å². The molecular weight excluding hydrogens is 386 g/mol. The van der Waals surface area contributed by atoms with Crippen LogP contribution in [0.3, 0.4) is 0 Å². The van der Waals surface area contributed by atoms with Gasteiger partial charge in [0.15, 0.2) is 6.23 Å². The van der Waals surface area contributed by atoms with E-state index < -0.39 is 53.7 Å². The third-order valence-corrected chi connectivity index (χ3v) is 4.35. The third kappa shape index (κ3) is 5.62. The molecule has 1 fully saturated rings. The van der Waals surface area contributed by atoms with Gasteiger partial charge >= 0.3 is 11.7 Å². The SMILES string of the molecule is COC(=O)[C@H](CC(C)C)NC(=O)/C=C/[C@H]1O[C@@H](n2ccc(=O)[nH]c2=O)[C@H](O)[C@@H]1O. The monoisotopic (exact) mass is 411 g/mol. The number of rotatable bonds is 7. The fourth-order valence-electron chi connectivity index (χ4n) is 2.93. The van der Waals surface area contributed by atoms with Gasteiger partial charge in [0, 0.05) is 18.3 Å². The number of carbonyl (C=O) groups is 2. The molecule has 2 rings (SSSR count). The van der Waals surface area contributed by atoms with Crippen LogP contribution in [-0.4, -0.2) is 63.1 Å². The fraction of sp³-hybridized carbons (Fsp3) is 0.556. The van der Waals surface area contributed by atoms with Crippen LogP contribution in [0.1, 0.15) is 26.5 Å². The number of methoxy groups -OCH3 is 1. The zero-order chi connectivity index (χ0) is 21.7. The molecule has 1 aliphatic rings. The van der Waals surface area contributed by atoms with Gasteiger partial charge in [-0.25, -0.2) is 9.59 Å². The number of aliphatic hydroxyl groups is 2. The minimum Gasteiger partial charge on any atom is -0.467 e. The zero-order valence-electron chi connectivity index (χ0n) is 16.3. The summed E-state index contributed by atoms with van der Waals surface area (Å²) >= 11 is 0. The molecule has 1 aromatic heterocycles. The summed E-state index contributed by atoms with van der Waals surface area (Å²) in [6.45, 7) is 3.78. The van der Waals surface area contributed by atoms with Crippen molar-refractivity contribution in [3.63, 3.8) is 0 Å². The van der Waals surface area contributed by atoms with Crippen LogP contribution in [0.15, 0.2) is 34.0 Å². The van der Waals surface area contributed by atoms with E-state index in [2.05, 4.69) is 10.1 Å². The number of hydrogen-bond donors (Lipinski definition) is 4. The predicted octanol–water partition coefficient (Wildman–Crippen LogP) is -1.58. The Kier molecular flexibility index (Phi) is 7.48. The number of aliphatic hydroxyl groups excluding tert-OH is 2. The lowest BCUT2D eigenvalue weighted by Gasteiger charge is -2.17. The molecule has 1 aliphatic heterocycles. The highest BCUT2D eigenvalue weighted by Gasteiger charge is 2.43. The number of H-pyrrole nitrogens is 1. The van der Waals surface area contributed by atoms with Gasteiger partial charge < -0.3 is 25.0 Å². The van der Waals surface area contributed by atoms with Gasteiger partial charge in [-0.1, -0.05) is 13.8 Å². The predicted molar refractivity (Wildman–Crippen MR) is 99.8 cm³/mol. The molecule has 0 aliphatic carbocycles. The van der Waals surface area contributed by atoms with Crippen LogP contribution in [0.4, 0.5) is 0 Å². The summed E-state index contributed by atoms with van der Waals surface area (Å²) in [5.41, 5.74) is -1.43. The number of nitrogens with one attached hydrogen (secondary N) is 2.